The molecule has 0 saturated carbocycles. The largest absolute Gasteiger partial charge is 0.313 e. The first-order valence-electron chi connectivity index (χ1n) is 5.44. The molecule has 0 aliphatic heterocycles. The summed E-state index contributed by atoms with van der Waals surface area (Å²) in [6.45, 7) is 10.8. The van der Waals surface area contributed by atoms with Gasteiger partial charge in [0.2, 0.25) is 0 Å². The van der Waals surface area contributed by atoms with Crippen LogP contribution in [0.3, 0.4) is 0 Å². The maximum atomic E-state index is 3.57. The summed E-state index contributed by atoms with van der Waals surface area (Å²) >= 11 is 3.57. The van der Waals surface area contributed by atoms with Crippen molar-refractivity contribution in [3.8, 4) is 0 Å². The van der Waals surface area contributed by atoms with Gasteiger partial charge in [-0.2, -0.15) is 0 Å². The van der Waals surface area contributed by atoms with Gasteiger partial charge in [-0.1, -0.05) is 49.7 Å². The molecule has 0 spiro atoms. The number of hydrogen-bond acceptors (Lipinski definition) is 1. The average molecular weight is 270 g/mol. The van der Waals surface area contributed by atoms with Crippen LogP contribution in [-0.2, 0) is 12.0 Å². The van der Waals surface area contributed by atoms with Gasteiger partial charge in [0.15, 0.2) is 0 Å². The predicted molar refractivity (Wildman–Crippen MR) is 70.2 cm³/mol. The number of hydrogen-bond donors (Lipinski definition) is 1. The van der Waals surface area contributed by atoms with Crippen molar-refractivity contribution in [3.05, 3.63) is 33.8 Å². The Morgan fingerprint density at radius 1 is 1.20 bits per heavy atom. The molecule has 1 N–H and O–H groups in total. The topological polar surface area (TPSA) is 12.0 Å². The van der Waals surface area contributed by atoms with Crippen molar-refractivity contribution in [2.24, 2.45) is 0 Å². The summed E-state index contributed by atoms with van der Waals surface area (Å²) in [5.74, 6) is 0. The smallest absolute Gasteiger partial charge is 0.0205 e. The van der Waals surface area contributed by atoms with Gasteiger partial charge < -0.3 is 5.32 Å². The van der Waals surface area contributed by atoms with Crippen LogP contribution in [-0.4, -0.2) is 6.54 Å². The van der Waals surface area contributed by atoms with E-state index >= 15 is 0 Å². The second-order valence-corrected chi connectivity index (χ2v) is 5.79. The molecule has 1 rings (SSSR count). The maximum absolute atomic E-state index is 3.57. The Balaban J connectivity index is 2.95. The first-order valence-corrected chi connectivity index (χ1v) is 6.23. The summed E-state index contributed by atoms with van der Waals surface area (Å²) in [6, 6.07) is 6.67. The molecular formula is C13H20BrN. The second kappa shape index (κ2) is 5.13. The van der Waals surface area contributed by atoms with Gasteiger partial charge >= 0.3 is 0 Å². The minimum atomic E-state index is 0.213. The van der Waals surface area contributed by atoms with E-state index in [1.165, 1.54) is 15.6 Å². The average Bonchev–Trinajstić information content (AvgIpc) is 2.12. The fourth-order valence-corrected chi connectivity index (χ4v) is 2.00. The minimum absolute atomic E-state index is 0.213. The molecular weight excluding hydrogens is 250 g/mol. The van der Waals surface area contributed by atoms with E-state index in [9.17, 15) is 0 Å². The third-order valence-electron chi connectivity index (χ3n) is 2.40. The Morgan fingerprint density at radius 2 is 1.87 bits per heavy atom. The monoisotopic (exact) mass is 269 g/mol. The van der Waals surface area contributed by atoms with Crippen LogP contribution < -0.4 is 5.32 Å². The highest BCUT2D eigenvalue weighted by molar-refractivity contribution is 9.10. The Hall–Kier alpha value is -0.340. The lowest BCUT2D eigenvalue weighted by Gasteiger charge is -2.20. The Bertz CT molecular complexity index is 326. The van der Waals surface area contributed by atoms with Gasteiger partial charge in [0.1, 0.15) is 0 Å². The molecule has 0 fully saturated rings. The van der Waals surface area contributed by atoms with Crippen LogP contribution in [0, 0.1) is 0 Å². The zero-order valence-electron chi connectivity index (χ0n) is 10.0. The van der Waals surface area contributed by atoms with E-state index < -0.39 is 0 Å². The summed E-state index contributed by atoms with van der Waals surface area (Å²) in [4.78, 5) is 0. The van der Waals surface area contributed by atoms with Gasteiger partial charge in [-0.25, -0.2) is 0 Å². The van der Waals surface area contributed by atoms with Crippen molar-refractivity contribution in [2.75, 3.05) is 6.54 Å². The first-order chi connectivity index (χ1) is 6.93. The minimum Gasteiger partial charge on any atom is -0.313 e. The van der Waals surface area contributed by atoms with Crippen molar-refractivity contribution in [2.45, 2.75) is 39.7 Å². The van der Waals surface area contributed by atoms with Gasteiger partial charge in [-0.3, -0.25) is 0 Å². The molecule has 0 atom stereocenters. The molecule has 0 saturated heterocycles. The predicted octanol–water partition coefficient (Wildman–Crippen LogP) is 3.86. The van der Waals surface area contributed by atoms with Crippen LogP contribution in [0.15, 0.2) is 22.7 Å². The third-order valence-corrected chi connectivity index (χ3v) is 2.86. The molecule has 0 aromatic heterocycles. The van der Waals surface area contributed by atoms with Crippen LogP contribution in [0.4, 0.5) is 0 Å². The summed E-state index contributed by atoms with van der Waals surface area (Å²) in [7, 11) is 0. The van der Waals surface area contributed by atoms with Crippen molar-refractivity contribution in [1.82, 2.24) is 5.32 Å². The fourth-order valence-electron chi connectivity index (χ4n) is 1.45. The summed E-state index contributed by atoms with van der Waals surface area (Å²) in [5, 5.41) is 3.35. The highest BCUT2D eigenvalue weighted by Gasteiger charge is 2.14. The van der Waals surface area contributed by atoms with E-state index in [2.05, 4.69) is 67.1 Å². The van der Waals surface area contributed by atoms with Gasteiger partial charge in [-0.15, -0.1) is 0 Å². The fraction of sp³-hybridized carbons (Fsp3) is 0.538. The van der Waals surface area contributed by atoms with E-state index in [1.54, 1.807) is 0 Å². The molecule has 15 heavy (non-hydrogen) atoms. The molecule has 84 valence electrons. The number of benzene rings is 1. The van der Waals surface area contributed by atoms with Gasteiger partial charge in [0.25, 0.3) is 0 Å². The lowest BCUT2D eigenvalue weighted by Crippen LogP contribution is -2.15. The quantitative estimate of drug-likeness (QED) is 0.879. The van der Waals surface area contributed by atoms with E-state index in [0.29, 0.717) is 0 Å². The highest BCUT2D eigenvalue weighted by atomic mass is 79.9. The zero-order valence-corrected chi connectivity index (χ0v) is 11.6. The van der Waals surface area contributed by atoms with E-state index in [1.807, 2.05) is 0 Å². The molecule has 0 amide bonds. The molecule has 0 aliphatic carbocycles. The van der Waals surface area contributed by atoms with Crippen LogP contribution in [0.5, 0.6) is 0 Å². The molecule has 2 heteroatoms. The standard InChI is InChI=1S/C13H20BrN/c1-5-15-9-10-6-11(13(2,3)4)8-12(14)7-10/h6-8,15H,5,9H2,1-4H3. The number of nitrogens with one attached hydrogen (secondary N) is 1. The van der Waals surface area contributed by atoms with Gasteiger partial charge in [0, 0.05) is 11.0 Å². The molecule has 0 heterocycles. The van der Waals surface area contributed by atoms with Crippen molar-refractivity contribution < 1.29 is 0 Å². The number of halogens is 1. The van der Waals surface area contributed by atoms with E-state index in [0.717, 1.165) is 13.1 Å². The van der Waals surface area contributed by atoms with E-state index in [-0.39, 0.29) is 5.41 Å². The molecule has 0 aliphatic rings. The molecule has 1 aromatic carbocycles. The SMILES string of the molecule is CCNCc1cc(Br)cc(C(C)(C)C)c1. The Kier molecular flexibility index (Phi) is 4.35. The third kappa shape index (κ3) is 3.96. The van der Waals surface area contributed by atoms with E-state index in [4.69, 9.17) is 0 Å². The summed E-state index contributed by atoms with van der Waals surface area (Å²) < 4.78 is 1.17. The molecule has 1 aromatic rings. The van der Waals surface area contributed by atoms with Crippen LogP contribution >= 0.6 is 15.9 Å². The molecule has 1 nitrogen and oxygen atoms in total. The van der Waals surface area contributed by atoms with Crippen molar-refractivity contribution in [3.63, 3.8) is 0 Å². The Morgan fingerprint density at radius 3 is 2.40 bits per heavy atom. The van der Waals surface area contributed by atoms with Crippen LogP contribution in [0.25, 0.3) is 0 Å². The molecule has 0 unspecified atom stereocenters. The molecule has 0 bridgehead atoms. The van der Waals surface area contributed by atoms with Gasteiger partial charge in [-0.05, 0) is 35.2 Å². The lowest BCUT2D eigenvalue weighted by atomic mass is 9.86. The lowest BCUT2D eigenvalue weighted by molar-refractivity contribution is 0.587. The zero-order chi connectivity index (χ0) is 11.5. The molecule has 0 radical (unpaired) electrons. The van der Waals surface area contributed by atoms with Gasteiger partial charge in [0.05, 0.1) is 0 Å². The van der Waals surface area contributed by atoms with Crippen molar-refractivity contribution in [1.29, 1.82) is 0 Å². The normalized spacial score (nSPS) is 11.8. The first kappa shape index (κ1) is 12.7. The van der Waals surface area contributed by atoms with Crippen molar-refractivity contribution >= 4 is 15.9 Å². The Labute approximate surface area is 101 Å². The summed E-state index contributed by atoms with van der Waals surface area (Å²) in [5.41, 5.74) is 2.94. The van der Waals surface area contributed by atoms with Crippen LogP contribution in [0.2, 0.25) is 0 Å². The highest BCUT2D eigenvalue weighted by Crippen LogP contribution is 2.26. The number of rotatable bonds is 3. The van der Waals surface area contributed by atoms with Crippen LogP contribution in [0.1, 0.15) is 38.8 Å². The second-order valence-electron chi connectivity index (χ2n) is 4.88. The summed E-state index contributed by atoms with van der Waals surface area (Å²) in [6.07, 6.45) is 0. The maximum Gasteiger partial charge on any atom is 0.0205 e.